The fraction of sp³-hybridized carbons (Fsp3) is 0.917. The molecule has 0 aliphatic rings. The lowest BCUT2D eigenvalue weighted by Gasteiger charge is -2.09. The molecule has 96 valence electrons. The number of aliphatic hydroxyl groups excluding tert-OH is 1. The Morgan fingerprint density at radius 2 is 2.12 bits per heavy atom. The Hall–Kier alpha value is -0.610. The summed E-state index contributed by atoms with van der Waals surface area (Å²) in [5, 5.41) is 12.1. The van der Waals surface area contributed by atoms with Gasteiger partial charge in [0, 0.05) is 20.1 Å². The quantitative estimate of drug-likeness (QED) is 0.560. The fourth-order valence-electron chi connectivity index (χ4n) is 1.45. The largest absolute Gasteiger partial charge is 0.391 e. The van der Waals surface area contributed by atoms with E-state index < -0.39 is 6.10 Å². The summed E-state index contributed by atoms with van der Waals surface area (Å²) < 4.78 is 4.79. The summed E-state index contributed by atoms with van der Waals surface area (Å²) in [5.41, 5.74) is 0. The van der Waals surface area contributed by atoms with Crippen LogP contribution in [0.2, 0.25) is 0 Å². The van der Waals surface area contributed by atoms with Gasteiger partial charge in [0.2, 0.25) is 5.91 Å². The van der Waals surface area contributed by atoms with Crippen LogP contribution in [0.25, 0.3) is 0 Å². The summed E-state index contributed by atoms with van der Waals surface area (Å²) in [7, 11) is 1.55. The Labute approximate surface area is 98.4 Å². The van der Waals surface area contributed by atoms with Crippen LogP contribution in [0.1, 0.15) is 45.4 Å². The van der Waals surface area contributed by atoms with Crippen molar-refractivity contribution in [3.05, 3.63) is 0 Å². The Morgan fingerprint density at radius 1 is 1.38 bits per heavy atom. The smallest absolute Gasteiger partial charge is 0.219 e. The molecule has 1 amide bonds. The third-order valence-corrected chi connectivity index (χ3v) is 2.42. The van der Waals surface area contributed by atoms with E-state index in [0.717, 1.165) is 12.8 Å². The van der Waals surface area contributed by atoms with Crippen molar-refractivity contribution in [2.75, 3.05) is 20.3 Å². The highest BCUT2D eigenvalue weighted by Crippen LogP contribution is 2.02. The topological polar surface area (TPSA) is 58.6 Å². The van der Waals surface area contributed by atoms with Gasteiger partial charge in [0.15, 0.2) is 0 Å². The lowest BCUT2D eigenvalue weighted by atomic mass is 10.1. The molecule has 1 unspecified atom stereocenters. The number of carbonyl (C=O) groups is 1. The van der Waals surface area contributed by atoms with E-state index in [1.165, 1.54) is 12.8 Å². The van der Waals surface area contributed by atoms with Gasteiger partial charge in [0.05, 0.1) is 12.7 Å². The maximum Gasteiger partial charge on any atom is 0.219 e. The number of unbranched alkanes of at least 4 members (excludes halogenated alkanes) is 3. The second-order valence-electron chi connectivity index (χ2n) is 4.06. The van der Waals surface area contributed by atoms with Crippen LogP contribution in [0.15, 0.2) is 0 Å². The van der Waals surface area contributed by atoms with E-state index in [2.05, 4.69) is 12.2 Å². The van der Waals surface area contributed by atoms with Crippen molar-refractivity contribution in [3.63, 3.8) is 0 Å². The first-order valence-corrected chi connectivity index (χ1v) is 6.14. The Balaban J connectivity index is 3.29. The molecule has 4 heteroatoms. The molecule has 0 saturated carbocycles. The van der Waals surface area contributed by atoms with Gasteiger partial charge in [-0.2, -0.15) is 0 Å². The van der Waals surface area contributed by atoms with E-state index in [4.69, 9.17) is 4.74 Å². The van der Waals surface area contributed by atoms with Gasteiger partial charge in [0.1, 0.15) is 0 Å². The minimum Gasteiger partial charge on any atom is -0.391 e. The molecule has 4 nitrogen and oxygen atoms in total. The average Bonchev–Trinajstić information content (AvgIpc) is 2.25. The average molecular weight is 231 g/mol. The molecule has 0 bridgehead atoms. The molecule has 0 aromatic carbocycles. The van der Waals surface area contributed by atoms with Crippen LogP contribution in [0.4, 0.5) is 0 Å². The van der Waals surface area contributed by atoms with E-state index in [0.29, 0.717) is 26.0 Å². The summed E-state index contributed by atoms with van der Waals surface area (Å²) >= 11 is 0. The molecule has 0 aliphatic heterocycles. The molecule has 0 aliphatic carbocycles. The van der Waals surface area contributed by atoms with Crippen molar-refractivity contribution in [3.8, 4) is 0 Å². The maximum atomic E-state index is 11.3. The molecular formula is C12H25NO3. The zero-order valence-corrected chi connectivity index (χ0v) is 10.5. The van der Waals surface area contributed by atoms with Crippen LogP contribution < -0.4 is 5.32 Å². The number of ether oxygens (including phenoxy) is 1. The van der Waals surface area contributed by atoms with Crippen LogP contribution in [0, 0.1) is 0 Å². The highest BCUT2D eigenvalue weighted by molar-refractivity contribution is 5.75. The van der Waals surface area contributed by atoms with Gasteiger partial charge in [-0.05, 0) is 12.8 Å². The van der Waals surface area contributed by atoms with Gasteiger partial charge in [-0.25, -0.2) is 0 Å². The Kier molecular flexibility index (Phi) is 10.5. The van der Waals surface area contributed by atoms with Crippen LogP contribution in [0.5, 0.6) is 0 Å². The molecule has 1 atom stereocenters. The number of hydrogen-bond donors (Lipinski definition) is 2. The van der Waals surface area contributed by atoms with Crippen molar-refractivity contribution in [2.24, 2.45) is 0 Å². The van der Waals surface area contributed by atoms with Gasteiger partial charge in [-0.3, -0.25) is 4.79 Å². The first-order chi connectivity index (χ1) is 7.70. The summed E-state index contributed by atoms with van der Waals surface area (Å²) in [6.45, 7) is 3.00. The zero-order chi connectivity index (χ0) is 12.2. The van der Waals surface area contributed by atoms with Gasteiger partial charge in [-0.15, -0.1) is 0 Å². The predicted molar refractivity (Wildman–Crippen MR) is 64.3 cm³/mol. The maximum absolute atomic E-state index is 11.3. The van der Waals surface area contributed by atoms with Crippen LogP contribution >= 0.6 is 0 Å². The standard InChI is InChI=1S/C12H25NO3/c1-3-4-5-6-7-12(15)13-9-8-11(14)10-16-2/h11,14H,3-10H2,1-2H3,(H,13,15). The number of amides is 1. The molecule has 0 aromatic rings. The number of hydrogen-bond acceptors (Lipinski definition) is 3. The van der Waals surface area contributed by atoms with E-state index in [9.17, 15) is 9.90 Å². The van der Waals surface area contributed by atoms with Gasteiger partial charge in [0.25, 0.3) is 0 Å². The molecule has 0 radical (unpaired) electrons. The van der Waals surface area contributed by atoms with Crippen LogP contribution in [-0.4, -0.2) is 37.4 Å². The van der Waals surface area contributed by atoms with Crippen LogP contribution in [0.3, 0.4) is 0 Å². The molecule has 0 spiro atoms. The van der Waals surface area contributed by atoms with Gasteiger partial charge < -0.3 is 15.2 Å². The molecule has 0 aromatic heterocycles. The second kappa shape index (κ2) is 10.9. The SMILES string of the molecule is CCCCCCC(=O)NCCC(O)COC. The molecule has 2 N–H and O–H groups in total. The molecule has 0 heterocycles. The minimum atomic E-state index is -0.481. The first-order valence-electron chi connectivity index (χ1n) is 6.14. The number of nitrogens with one attached hydrogen (secondary N) is 1. The monoisotopic (exact) mass is 231 g/mol. The minimum absolute atomic E-state index is 0.0840. The highest BCUT2D eigenvalue weighted by atomic mass is 16.5. The molecular weight excluding hydrogens is 206 g/mol. The predicted octanol–water partition coefficient (Wildman–Crippen LogP) is 1.47. The molecule has 0 saturated heterocycles. The fourth-order valence-corrected chi connectivity index (χ4v) is 1.45. The van der Waals surface area contributed by atoms with Crippen molar-refractivity contribution in [2.45, 2.75) is 51.6 Å². The number of carbonyl (C=O) groups excluding carboxylic acids is 1. The molecule has 0 fully saturated rings. The summed E-state index contributed by atoms with van der Waals surface area (Å²) in [5.74, 6) is 0.0840. The number of methoxy groups -OCH3 is 1. The van der Waals surface area contributed by atoms with E-state index in [1.54, 1.807) is 7.11 Å². The summed E-state index contributed by atoms with van der Waals surface area (Å²) in [6, 6.07) is 0. The van der Waals surface area contributed by atoms with Gasteiger partial charge in [-0.1, -0.05) is 26.2 Å². The van der Waals surface area contributed by atoms with Crippen molar-refractivity contribution in [1.82, 2.24) is 5.32 Å². The normalized spacial score (nSPS) is 12.4. The Morgan fingerprint density at radius 3 is 2.75 bits per heavy atom. The highest BCUT2D eigenvalue weighted by Gasteiger charge is 2.04. The number of rotatable bonds is 10. The van der Waals surface area contributed by atoms with Gasteiger partial charge >= 0.3 is 0 Å². The lowest BCUT2D eigenvalue weighted by molar-refractivity contribution is -0.121. The number of aliphatic hydroxyl groups is 1. The van der Waals surface area contributed by atoms with E-state index >= 15 is 0 Å². The lowest BCUT2D eigenvalue weighted by Crippen LogP contribution is -2.28. The van der Waals surface area contributed by atoms with Crippen molar-refractivity contribution in [1.29, 1.82) is 0 Å². The third kappa shape index (κ3) is 9.93. The zero-order valence-electron chi connectivity index (χ0n) is 10.5. The molecule has 0 rings (SSSR count). The first kappa shape index (κ1) is 15.4. The van der Waals surface area contributed by atoms with Crippen molar-refractivity contribution < 1.29 is 14.6 Å². The van der Waals surface area contributed by atoms with E-state index in [-0.39, 0.29) is 5.91 Å². The molecule has 16 heavy (non-hydrogen) atoms. The second-order valence-corrected chi connectivity index (χ2v) is 4.06. The summed E-state index contributed by atoms with van der Waals surface area (Å²) in [6.07, 6.45) is 5.13. The third-order valence-electron chi connectivity index (χ3n) is 2.42. The van der Waals surface area contributed by atoms with Crippen molar-refractivity contribution >= 4 is 5.91 Å². The van der Waals surface area contributed by atoms with Crippen LogP contribution in [-0.2, 0) is 9.53 Å². The summed E-state index contributed by atoms with van der Waals surface area (Å²) in [4.78, 5) is 11.3. The van der Waals surface area contributed by atoms with E-state index in [1.807, 2.05) is 0 Å². The Bertz CT molecular complexity index is 174.